The van der Waals surface area contributed by atoms with Crippen LogP contribution < -0.4 is 0 Å². The van der Waals surface area contributed by atoms with Crippen molar-refractivity contribution >= 4 is 11.6 Å². The first-order valence-corrected chi connectivity index (χ1v) is 11.3. The van der Waals surface area contributed by atoms with E-state index in [4.69, 9.17) is 9.73 Å². The molecule has 2 aromatic rings. The summed E-state index contributed by atoms with van der Waals surface area (Å²) in [7, 11) is 0. The van der Waals surface area contributed by atoms with Gasteiger partial charge in [0, 0.05) is 24.0 Å². The molecule has 5 rings (SSSR count). The molecule has 0 unspecified atom stereocenters. The maximum atomic E-state index is 13.8. The van der Waals surface area contributed by atoms with Gasteiger partial charge in [0.25, 0.3) is 0 Å². The molecular weight excluding hydrogens is 386 g/mol. The molecule has 0 N–H and O–H groups in total. The zero-order valence-corrected chi connectivity index (χ0v) is 18.8. The van der Waals surface area contributed by atoms with E-state index in [-0.39, 0.29) is 35.3 Å². The Balaban J connectivity index is 1.59. The number of rotatable bonds is 3. The van der Waals surface area contributed by atoms with Crippen LogP contribution >= 0.6 is 0 Å². The molecule has 1 saturated carbocycles. The van der Waals surface area contributed by atoms with Crippen molar-refractivity contribution in [3.05, 3.63) is 66.0 Å². The minimum absolute atomic E-state index is 0.0830. The summed E-state index contributed by atoms with van der Waals surface area (Å²) >= 11 is 0. The number of benzene rings is 1. The number of hydrogen-bond donors (Lipinski definition) is 0. The molecule has 5 nitrogen and oxygen atoms in total. The lowest BCUT2D eigenvalue weighted by Gasteiger charge is -2.38. The number of aromatic nitrogens is 1. The molecule has 1 amide bonds. The highest BCUT2D eigenvalue weighted by atomic mass is 16.6. The number of likely N-dealkylation sites (tertiary alicyclic amines) is 1. The van der Waals surface area contributed by atoms with Crippen LogP contribution in [0.15, 0.2) is 59.7 Å². The average molecular weight is 418 g/mol. The van der Waals surface area contributed by atoms with Crippen LogP contribution in [0.5, 0.6) is 0 Å². The van der Waals surface area contributed by atoms with Crippen LogP contribution in [0.4, 0.5) is 0 Å². The number of fused-ring (bicyclic) bond motifs is 1. The van der Waals surface area contributed by atoms with Gasteiger partial charge >= 0.3 is 0 Å². The van der Waals surface area contributed by atoms with Crippen LogP contribution in [0.1, 0.15) is 57.7 Å². The molecule has 162 valence electrons. The van der Waals surface area contributed by atoms with Crippen LogP contribution in [0, 0.1) is 17.3 Å². The Morgan fingerprint density at radius 1 is 1.10 bits per heavy atom. The number of aliphatic imine (C=N–C) groups is 1. The van der Waals surface area contributed by atoms with Gasteiger partial charge in [0.1, 0.15) is 0 Å². The van der Waals surface area contributed by atoms with E-state index in [2.05, 4.69) is 56.9 Å². The second-order valence-electron chi connectivity index (χ2n) is 10.3. The molecule has 2 bridgehead atoms. The zero-order valence-electron chi connectivity index (χ0n) is 18.8. The van der Waals surface area contributed by atoms with Crippen molar-refractivity contribution in [2.24, 2.45) is 22.2 Å². The third-order valence-electron chi connectivity index (χ3n) is 7.24. The highest BCUT2D eigenvalue weighted by molar-refractivity contribution is 6.01. The standard InChI is InChI=1S/C26H31N3O2/c1-17-20(18-10-6-5-7-11-18)14-22-26(31-24(28-22)25(2,3)4)15-21(17)23(30)29(26)16-19-12-8-9-13-27-19/h5-13,17,20-21,24H,14-16H2,1-4H3/t17-,20+,21+,24-,26+/m1/s1. The second-order valence-corrected chi connectivity index (χ2v) is 10.3. The largest absolute Gasteiger partial charge is 0.324 e. The van der Waals surface area contributed by atoms with Crippen LogP contribution in [0.2, 0.25) is 0 Å². The highest BCUT2D eigenvalue weighted by Gasteiger charge is 2.63. The van der Waals surface area contributed by atoms with Crippen molar-refractivity contribution in [3.8, 4) is 0 Å². The van der Waals surface area contributed by atoms with Crippen LogP contribution in [0.3, 0.4) is 0 Å². The number of carbonyl (C=O) groups excluding carboxylic acids is 1. The molecular formula is C26H31N3O2. The van der Waals surface area contributed by atoms with E-state index in [1.165, 1.54) is 5.56 Å². The summed E-state index contributed by atoms with van der Waals surface area (Å²) in [6, 6.07) is 16.4. The minimum atomic E-state index is -0.755. The lowest BCUT2D eigenvalue weighted by Crippen LogP contribution is -2.53. The maximum absolute atomic E-state index is 13.8. The summed E-state index contributed by atoms with van der Waals surface area (Å²) in [6.07, 6.45) is 3.02. The molecule has 2 fully saturated rings. The molecule has 0 radical (unpaired) electrons. The van der Waals surface area contributed by atoms with Crippen LogP contribution in [0.25, 0.3) is 0 Å². The van der Waals surface area contributed by atoms with Crippen molar-refractivity contribution in [2.45, 2.75) is 65.0 Å². The Morgan fingerprint density at radius 2 is 1.84 bits per heavy atom. The van der Waals surface area contributed by atoms with Gasteiger partial charge in [-0.25, -0.2) is 0 Å². The fourth-order valence-corrected chi connectivity index (χ4v) is 5.43. The fourth-order valence-electron chi connectivity index (χ4n) is 5.43. The summed E-state index contributed by atoms with van der Waals surface area (Å²) in [4.78, 5) is 25.3. The Hall–Kier alpha value is -2.53. The summed E-state index contributed by atoms with van der Waals surface area (Å²) in [6.45, 7) is 9.13. The van der Waals surface area contributed by atoms with E-state index in [0.29, 0.717) is 13.0 Å². The van der Waals surface area contributed by atoms with E-state index in [9.17, 15) is 4.79 Å². The number of hydrogen-bond acceptors (Lipinski definition) is 4. The van der Waals surface area contributed by atoms with Gasteiger partial charge in [-0.15, -0.1) is 0 Å². The SMILES string of the molecule is C[C@H]1[C@@H]2C[C@@]3(O[C@H](C(C)(C)C)N=C3C[C@@H]1c1ccccc1)N(Cc1ccccn1)C2=O. The van der Waals surface area contributed by atoms with Gasteiger partial charge in [-0.05, 0) is 36.0 Å². The lowest BCUT2D eigenvalue weighted by atomic mass is 9.78. The average Bonchev–Trinajstić information content (AvgIpc) is 3.22. The molecule has 1 saturated heterocycles. The summed E-state index contributed by atoms with van der Waals surface area (Å²) in [5, 5.41) is 0. The van der Waals surface area contributed by atoms with Gasteiger partial charge in [-0.2, -0.15) is 0 Å². The number of nitrogens with zero attached hydrogens (tertiary/aromatic N) is 3. The van der Waals surface area contributed by atoms with Gasteiger partial charge in [0.15, 0.2) is 12.0 Å². The fraction of sp³-hybridized carbons (Fsp3) is 0.500. The van der Waals surface area contributed by atoms with Gasteiger partial charge in [-0.3, -0.25) is 14.8 Å². The van der Waals surface area contributed by atoms with Gasteiger partial charge in [-0.1, -0.05) is 64.1 Å². The van der Waals surface area contributed by atoms with E-state index >= 15 is 0 Å². The number of pyridine rings is 1. The smallest absolute Gasteiger partial charge is 0.229 e. The molecule has 3 aliphatic rings. The topological polar surface area (TPSA) is 54.8 Å². The van der Waals surface area contributed by atoms with Crippen molar-refractivity contribution in [1.29, 1.82) is 0 Å². The highest BCUT2D eigenvalue weighted by Crippen LogP contribution is 2.53. The Labute approximate surface area is 184 Å². The molecule has 5 atom stereocenters. The van der Waals surface area contributed by atoms with Gasteiger partial charge < -0.3 is 9.64 Å². The molecule has 1 spiro atoms. The molecule has 1 aliphatic carbocycles. The molecule has 1 aromatic carbocycles. The van der Waals surface area contributed by atoms with E-state index < -0.39 is 5.72 Å². The van der Waals surface area contributed by atoms with Crippen molar-refractivity contribution < 1.29 is 9.53 Å². The Morgan fingerprint density at radius 3 is 2.52 bits per heavy atom. The third kappa shape index (κ3) is 3.30. The summed E-state index contributed by atoms with van der Waals surface area (Å²) in [5.41, 5.74) is 2.29. The first-order valence-electron chi connectivity index (χ1n) is 11.3. The molecule has 31 heavy (non-hydrogen) atoms. The predicted molar refractivity (Wildman–Crippen MR) is 120 cm³/mol. The molecule has 2 aliphatic heterocycles. The number of amides is 1. The molecule has 1 aromatic heterocycles. The van der Waals surface area contributed by atoms with E-state index in [0.717, 1.165) is 17.8 Å². The maximum Gasteiger partial charge on any atom is 0.229 e. The molecule has 3 heterocycles. The Bertz CT molecular complexity index is 998. The van der Waals surface area contributed by atoms with Crippen LogP contribution in [-0.4, -0.2) is 33.5 Å². The van der Waals surface area contributed by atoms with Crippen molar-refractivity contribution in [1.82, 2.24) is 9.88 Å². The first-order chi connectivity index (χ1) is 14.8. The second kappa shape index (κ2) is 7.27. The molecule has 5 heteroatoms. The number of ether oxygens (including phenoxy) is 1. The van der Waals surface area contributed by atoms with E-state index in [1.807, 2.05) is 29.2 Å². The lowest BCUT2D eigenvalue weighted by molar-refractivity contribution is -0.159. The van der Waals surface area contributed by atoms with Crippen molar-refractivity contribution in [3.63, 3.8) is 0 Å². The summed E-state index contributed by atoms with van der Waals surface area (Å²) in [5.74, 6) is 0.557. The van der Waals surface area contributed by atoms with Crippen molar-refractivity contribution in [2.75, 3.05) is 0 Å². The van der Waals surface area contributed by atoms with E-state index in [1.54, 1.807) is 6.20 Å². The zero-order chi connectivity index (χ0) is 21.8. The monoisotopic (exact) mass is 417 g/mol. The Kier molecular flexibility index (Phi) is 4.78. The number of carbonyl (C=O) groups is 1. The minimum Gasteiger partial charge on any atom is -0.324 e. The third-order valence-corrected chi connectivity index (χ3v) is 7.24. The van der Waals surface area contributed by atoms with Gasteiger partial charge in [0.05, 0.1) is 18.0 Å². The predicted octanol–water partition coefficient (Wildman–Crippen LogP) is 4.79. The first kappa shape index (κ1) is 20.4. The van der Waals surface area contributed by atoms with Gasteiger partial charge in [0.2, 0.25) is 5.91 Å². The quantitative estimate of drug-likeness (QED) is 0.721. The normalized spacial score (nSPS) is 32.6. The summed E-state index contributed by atoms with van der Waals surface area (Å²) < 4.78 is 6.75. The van der Waals surface area contributed by atoms with Crippen LogP contribution in [-0.2, 0) is 16.1 Å².